The van der Waals surface area contributed by atoms with Crippen molar-refractivity contribution in [1.82, 2.24) is 4.98 Å². The second kappa shape index (κ2) is 9.03. The van der Waals surface area contributed by atoms with E-state index >= 15 is 0 Å². The molecule has 0 aliphatic rings. The van der Waals surface area contributed by atoms with Crippen LogP contribution in [0.15, 0.2) is 36.5 Å². The number of unbranched alkanes of at least 4 members (excludes halogenated alkanes) is 1. The van der Waals surface area contributed by atoms with E-state index in [-0.39, 0.29) is 5.69 Å². The summed E-state index contributed by atoms with van der Waals surface area (Å²) >= 11 is 6.09. The lowest BCUT2D eigenvalue weighted by atomic mass is 10.2. The first kappa shape index (κ1) is 18.7. The fraction of sp³-hybridized carbons (Fsp3) is 0.278. The number of hydrogen-bond acceptors (Lipinski definition) is 5. The Morgan fingerprint density at radius 1 is 1.24 bits per heavy atom. The number of aromatic nitrogens is 1. The summed E-state index contributed by atoms with van der Waals surface area (Å²) in [5.74, 6) is -0.921. The van der Waals surface area contributed by atoms with E-state index in [1.165, 1.54) is 25.3 Å². The quantitative estimate of drug-likeness (QED) is 0.575. The number of rotatable bonds is 7. The van der Waals surface area contributed by atoms with E-state index in [0.29, 0.717) is 16.3 Å². The second-order valence-corrected chi connectivity index (χ2v) is 5.76. The molecule has 0 saturated carbocycles. The molecule has 0 bridgehead atoms. The smallest absolute Gasteiger partial charge is 0.337 e. The Labute approximate surface area is 151 Å². The maximum atomic E-state index is 12.4. The molecule has 1 aromatic heterocycles. The zero-order valence-electron chi connectivity index (χ0n) is 14.1. The van der Waals surface area contributed by atoms with Crippen LogP contribution in [0.4, 0.5) is 11.4 Å². The third kappa shape index (κ3) is 5.19. The van der Waals surface area contributed by atoms with Gasteiger partial charge in [0.2, 0.25) is 0 Å². The average Bonchev–Trinajstić information content (AvgIpc) is 2.63. The summed E-state index contributed by atoms with van der Waals surface area (Å²) in [7, 11) is 1.29. The Morgan fingerprint density at radius 2 is 2.04 bits per heavy atom. The number of carbonyl (C=O) groups is 2. The number of amides is 1. The molecule has 6 nitrogen and oxygen atoms in total. The normalized spacial score (nSPS) is 10.2. The Balaban J connectivity index is 2.14. The molecule has 7 heteroatoms. The Morgan fingerprint density at radius 3 is 2.76 bits per heavy atom. The highest BCUT2D eigenvalue weighted by Crippen LogP contribution is 2.24. The molecule has 0 fully saturated rings. The molecule has 2 aromatic rings. The number of nitrogens with one attached hydrogen (secondary N) is 2. The third-order valence-corrected chi connectivity index (χ3v) is 3.82. The van der Waals surface area contributed by atoms with E-state index in [1.54, 1.807) is 18.3 Å². The lowest BCUT2D eigenvalue weighted by Gasteiger charge is -2.10. The predicted octanol–water partition coefficient (Wildman–Crippen LogP) is 3.99. The lowest BCUT2D eigenvalue weighted by molar-refractivity contribution is 0.0600. The highest BCUT2D eigenvalue weighted by molar-refractivity contribution is 6.34. The van der Waals surface area contributed by atoms with E-state index in [1.807, 2.05) is 0 Å². The molecule has 2 rings (SSSR count). The number of anilines is 2. The minimum atomic E-state index is -0.507. The van der Waals surface area contributed by atoms with Crippen molar-refractivity contribution >= 4 is 34.9 Å². The molecular weight excluding hydrogens is 342 g/mol. The van der Waals surface area contributed by atoms with Crippen LogP contribution in [-0.4, -0.2) is 30.5 Å². The number of methoxy groups -OCH3 is 1. The van der Waals surface area contributed by atoms with Gasteiger partial charge in [-0.25, -0.2) is 4.79 Å². The van der Waals surface area contributed by atoms with Gasteiger partial charge in [-0.15, -0.1) is 0 Å². The molecule has 0 aliphatic carbocycles. The fourth-order valence-electron chi connectivity index (χ4n) is 2.13. The van der Waals surface area contributed by atoms with Crippen molar-refractivity contribution in [2.75, 3.05) is 24.3 Å². The van der Waals surface area contributed by atoms with E-state index in [4.69, 9.17) is 11.6 Å². The van der Waals surface area contributed by atoms with Gasteiger partial charge in [0.25, 0.3) is 5.91 Å². The van der Waals surface area contributed by atoms with E-state index < -0.39 is 11.9 Å². The summed E-state index contributed by atoms with van der Waals surface area (Å²) in [5.41, 5.74) is 1.69. The summed E-state index contributed by atoms with van der Waals surface area (Å²) in [6.07, 6.45) is 3.69. The molecule has 1 amide bonds. The van der Waals surface area contributed by atoms with Crippen LogP contribution >= 0.6 is 11.6 Å². The van der Waals surface area contributed by atoms with Crippen molar-refractivity contribution in [2.45, 2.75) is 19.8 Å². The lowest BCUT2D eigenvalue weighted by Crippen LogP contribution is -2.15. The Kier molecular flexibility index (Phi) is 6.77. The first-order valence-corrected chi connectivity index (χ1v) is 8.32. The number of nitrogens with zero attached hydrogens (tertiary/aromatic N) is 1. The third-order valence-electron chi connectivity index (χ3n) is 3.49. The summed E-state index contributed by atoms with van der Waals surface area (Å²) in [5, 5.41) is 6.23. The van der Waals surface area contributed by atoms with Gasteiger partial charge in [-0.3, -0.25) is 9.78 Å². The van der Waals surface area contributed by atoms with Gasteiger partial charge < -0.3 is 15.4 Å². The molecule has 0 atom stereocenters. The van der Waals surface area contributed by atoms with Crippen molar-refractivity contribution in [3.05, 3.63) is 52.8 Å². The summed E-state index contributed by atoms with van der Waals surface area (Å²) in [4.78, 5) is 28.1. The van der Waals surface area contributed by atoms with Gasteiger partial charge in [0, 0.05) is 18.4 Å². The Hall–Kier alpha value is -2.60. The standard InChI is InChI=1S/C18H20ClN3O3/c1-3-4-8-20-13-7-9-21-16(11-13)17(23)22-15-10-12(18(24)25-2)5-6-14(15)19/h5-7,9-11H,3-4,8H2,1-2H3,(H,20,21)(H,22,23). The van der Waals surface area contributed by atoms with Gasteiger partial charge in [0.05, 0.1) is 23.4 Å². The molecular formula is C18H20ClN3O3. The van der Waals surface area contributed by atoms with Gasteiger partial charge in [-0.1, -0.05) is 24.9 Å². The number of halogens is 1. The average molecular weight is 362 g/mol. The zero-order valence-corrected chi connectivity index (χ0v) is 14.9. The minimum absolute atomic E-state index is 0.251. The van der Waals surface area contributed by atoms with Gasteiger partial charge >= 0.3 is 5.97 Å². The highest BCUT2D eigenvalue weighted by atomic mass is 35.5. The van der Waals surface area contributed by atoms with Gasteiger partial charge in [-0.2, -0.15) is 0 Å². The summed E-state index contributed by atoms with van der Waals surface area (Å²) in [6, 6.07) is 8.00. The first-order chi connectivity index (χ1) is 12.0. The molecule has 1 heterocycles. The molecule has 2 N–H and O–H groups in total. The predicted molar refractivity (Wildman–Crippen MR) is 98.4 cm³/mol. The molecule has 132 valence electrons. The number of esters is 1. The number of hydrogen-bond donors (Lipinski definition) is 2. The van der Waals surface area contributed by atoms with Crippen molar-refractivity contribution < 1.29 is 14.3 Å². The topological polar surface area (TPSA) is 80.3 Å². The van der Waals surface area contributed by atoms with Gasteiger partial charge in [0.15, 0.2) is 0 Å². The number of carbonyl (C=O) groups excluding carboxylic acids is 2. The summed E-state index contributed by atoms with van der Waals surface area (Å²) < 4.78 is 4.67. The van der Waals surface area contributed by atoms with Crippen LogP contribution < -0.4 is 10.6 Å². The van der Waals surface area contributed by atoms with Crippen LogP contribution in [0.5, 0.6) is 0 Å². The van der Waals surface area contributed by atoms with Crippen LogP contribution in [0.25, 0.3) is 0 Å². The Bertz CT molecular complexity index is 765. The molecule has 0 radical (unpaired) electrons. The monoisotopic (exact) mass is 361 g/mol. The van der Waals surface area contributed by atoms with Gasteiger partial charge in [0.1, 0.15) is 5.69 Å². The van der Waals surface area contributed by atoms with Crippen LogP contribution in [0, 0.1) is 0 Å². The largest absolute Gasteiger partial charge is 0.465 e. The van der Waals surface area contributed by atoms with Crippen molar-refractivity contribution in [1.29, 1.82) is 0 Å². The number of benzene rings is 1. The molecule has 0 unspecified atom stereocenters. The SMILES string of the molecule is CCCCNc1ccnc(C(=O)Nc2cc(C(=O)OC)ccc2Cl)c1. The van der Waals surface area contributed by atoms with Gasteiger partial charge in [-0.05, 0) is 36.8 Å². The van der Waals surface area contributed by atoms with Crippen LogP contribution in [0.2, 0.25) is 5.02 Å². The molecule has 1 aromatic carbocycles. The highest BCUT2D eigenvalue weighted by Gasteiger charge is 2.13. The van der Waals surface area contributed by atoms with Crippen LogP contribution in [-0.2, 0) is 4.74 Å². The molecule has 0 saturated heterocycles. The van der Waals surface area contributed by atoms with Crippen molar-refractivity contribution in [3.63, 3.8) is 0 Å². The first-order valence-electron chi connectivity index (χ1n) is 7.94. The maximum absolute atomic E-state index is 12.4. The minimum Gasteiger partial charge on any atom is -0.465 e. The fourth-order valence-corrected chi connectivity index (χ4v) is 2.29. The number of pyridine rings is 1. The molecule has 0 spiro atoms. The number of ether oxygens (including phenoxy) is 1. The zero-order chi connectivity index (χ0) is 18.2. The van der Waals surface area contributed by atoms with E-state index in [0.717, 1.165) is 25.1 Å². The molecule has 25 heavy (non-hydrogen) atoms. The van der Waals surface area contributed by atoms with Crippen LogP contribution in [0.3, 0.4) is 0 Å². The van der Waals surface area contributed by atoms with Crippen molar-refractivity contribution in [2.24, 2.45) is 0 Å². The van der Waals surface area contributed by atoms with E-state index in [2.05, 4.69) is 27.3 Å². The van der Waals surface area contributed by atoms with Crippen molar-refractivity contribution in [3.8, 4) is 0 Å². The maximum Gasteiger partial charge on any atom is 0.337 e. The molecule has 0 aliphatic heterocycles. The second-order valence-electron chi connectivity index (χ2n) is 5.35. The summed E-state index contributed by atoms with van der Waals surface area (Å²) in [6.45, 7) is 2.94. The van der Waals surface area contributed by atoms with E-state index in [9.17, 15) is 9.59 Å². The van der Waals surface area contributed by atoms with Crippen LogP contribution in [0.1, 0.15) is 40.6 Å².